The fraction of sp³-hybridized carbons (Fsp3) is 0.167. The highest BCUT2D eigenvalue weighted by atomic mass is 32.1. The molecule has 6 nitrogen and oxygen atoms in total. The van der Waals surface area contributed by atoms with E-state index in [-0.39, 0.29) is 24.0 Å². The number of nitrogens with one attached hydrogen (secondary N) is 1. The quantitative estimate of drug-likeness (QED) is 0.557. The van der Waals surface area contributed by atoms with Gasteiger partial charge in [-0.3, -0.25) is 19.7 Å². The second-order valence-electron chi connectivity index (χ2n) is 4.07. The average Bonchev–Trinajstić information content (AvgIpc) is 2.37. The average molecular weight is 277 g/mol. The summed E-state index contributed by atoms with van der Waals surface area (Å²) in [7, 11) is 0. The Kier molecular flexibility index (Phi) is 3.57. The number of hydrogen-bond donors (Lipinski definition) is 2. The van der Waals surface area contributed by atoms with Gasteiger partial charge >= 0.3 is 0 Å². The zero-order valence-corrected chi connectivity index (χ0v) is 10.7. The topological polar surface area (TPSA) is 92.5 Å². The molecule has 0 saturated carbocycles. The molecule has 1 saturated heterocycles. The summed E-state index contributed by atoms with van der Waals surface area (Å²) in [6.45, 7) is -0.247. The molecule has 0 bridgehead atoms. The third-order valence-corrected chi connectivity index (χ3v) is 2.89. The van der Waals surface area contributed by atoms with E-state index >= 15 is 0 Å². The van der Waals surface area contributed by atoms with Gasteiger partial charge in [0.2, 0.25) is 11.8 Å². The highest BCUT2D eigenvalue weighted by Gasteiger charge is 2.26. The molecule has 1 aliphatic heterocycles. The molecule has 0 radical (unpaired) electrons. The molecule has 1 aromatic carbocycles. The van der Waals surface area contributed by atoms with Gasteiger partial charge in [0, 0.05) is 11.1 Å². The minimum absolute atomic E-state index is 0.123. The van der Waals surface area contributed by atoms with Crippen molar-refractivity contribution in [2.45, 2.75) is 0 Å². The summed E-state index contributed by atoms with van der Waals surface area (Å²) in [5, 5.41) is 2.13. The van der Waals surface area contributed by atoms with Gasteiger partial charge in [0.1, 0.15) is 18.1 Å². The Hall–Kier alpha value is -2.28. The fourth-order valence-corrected chi connectivity index (χ4v) is 1.88. The number of carbonyl (C=O) groups is 3. The highest BCUT2D eigenvalue weighted by molar-refractivity contribution is 7.80. The Morgan fingerprint density at radius 2 is 1.58 bits per heavy atom. The van der Waals surface area contributed by atoms with Crippen molar-refractivity contribution in [1.82, 2.24) is 10.2 Å². The molecule has 0 spiro atoms. The van der Waals surface area contributed by atoms with Crippen LogP contribution < -0.4 is 11.1 Å². The number of carbonyl (C=O) groups excluding carboxylic acids is 3. The second kappa shape index (κ2) is 5.15. The van der Waals surface area contributed by atoms with E-state index in [4.69, 9.17) is 18.0 Å². The van der Waals surface area contributed by atoms with Gasteiger partial charge in [0.15, 0.2) is 0 Å². The van der Waals surface area contributed by atoms with Crippen LogP contribution in [0.3, 0.4) is 0 Å². The van der Waals surface area contributed by atoms with Crippen molar-refractivity contribution >= 4 is 34.9 Å². The van der Waals surface area contributed by atoms with Gasteiger partial charge in [-0.1, -0.05) is 24.4 Å². The van der Waals surface area contributed by atoms with Gasteiger partial charge in [-0.2, -0.15) is 0 Å². The van der Waals surface area contributed by atoms with Crippen molar-refractivity contribution in [1.29, 1.82) is 0 Å². The van der Waals surface area contributed by atoms with E-state index in [2.05, 4.69) is 5.32 Å². The van der Waals surface area contributed by atoms with Gasteiger partial charge in [0.05, 0.1) is 0 Å². The maximum absolute atomic E-state index is 12.1. The Morgan fingerprint density at radius 3 is 2.05 bits per heavy atom. The lowest BCUT2D eigenvalue weighted by Gasteiger charge is -2.25. The molecule has 7 heteroatoms. The van der Waals surface area contributed by atoms with Crippen LogP contribution in [0.4, 0.5) is 0 Å². The molecule has 2 rings (SSSR count). The zero-order valence-electron chi connectivity index (χ0n) is 9.88. The van der Waals surface area contributed by atoms with Crippen LogP contribution in [0.15, 0.2) is 24.3 Å². The molecule has 1 fully saturated rings. The first-order valence-corrected chi connectivity index (χ1v) is 5.90. The summed E-state index contributed by atoms with van der Waals surface area (Å²) in [5.41, 5.74) is 6.49. The maximum Gasteiger partial charge on any atom is 0.254 e. The summed E-state index contributed by atoms with van der Waals surface area (Å²) in [4.78, 5) is 35.9. The summed E-state index contributed by atoms with van der Waals surface area (Å²) in [5.74, 6) is -1.34. The van der Waals surface area contributed by atoms with Crippen molar-refractivity contribution < 1.29 is 14.4 Å². The van der Waals surface area contributed by atoms with Gasteiger partial charge < -0.3 is 10.6 Å². The van der Waals surface area contributed by atoms with Crippen LogP contribution in [0.25, 0.3) is 0 Å². The number of hydrogen-bond acceptors (Lipinski definition) is 4. The Balaban J connectivity index is 2.17. The normalized spacial score (nSPS) is 15.1. The van der Waals surface area contributed by atoms with Crippen LogP contribution in [0, 0.1) is 0 Å². The molecule has 0 aliphatic carbocycles. The van der Waals surface area contributed by atoms with E-state index in [1.165, 1.54) is 4.90 Å². The lowest BCUT2D eigenvalue weighted by Crippen LogP contribution is -2.53. The molecule has 0 atom stereocenters. The molecule has 19 heavy (non-hydrogen) atoms. The van der Waals surface area contributed by atoms with E-state index in [1.54, 1.807) is 24.3 Å². The molecule has 1 aliphatic rings. The molecule has 1 heterocycles. The van der Waals surface area contributed by atoms with Gasteiger partial charge in [-0.15, -0.1) is 0 Å². The predicted molar refractivity (Wildman–Crippen MR) is 71.4 cm³/mol. The minimum Gasteiger partial charge on any atom is -0.389 e. The van der Waals surface area contributed by atoms with Gasteiger partial charge in [-0.05, 0) is 12.1 Å². The number of piperazine rings is 1. The van der Waals surface area contributed by atoms with Crippen molar-refractivity contribution in [3.63, 3.8) is 0 Å². The lowest BCUT2D eigenvalue weighted by molar-refractivity contribution is -0.135. The number of thiocarbonyl (C=S) groups is 1. The largest absolute Gasteiger partial charge is 0.389 e. The number of imide groups is 1. The summed E-state index contributed by atoms with van der Waals surface area (Å²) >= 11 is 4.81. The summed E-state index contributed by atoms with van der Waals surface area (Å²) in [6.07, 6.45) is 0. The number of nitrogens with two attached hydrogens (primary N) is 1. The van der Waals surface area contributed by atoms with Crippen LogP contribution in [-0.4, -0.2) is 40.7 Å². The predicted octanol–water partition coefficient (Wildman–Crippen LogP) is -0.581. The van der Waals surface area contributed by atoms with Crippen LogP contribution in [0.2, 0.25) is 0 Å². The van der Waals surface area contributed by atoms with Crippen LogP contribution in [-0.2, 0) is 9.59 Å². The van der Waals surface area contributed by atoms with Crippen LogP contribution in [0.5, 0.6) is 0 Å². The van der Waals surface area contributed by atoms with Crippen LogP contribution in [0.1, 0.15) is 15.9 Å². The molecule has 0 aromatic heterocycles. The van der Waals surface area contributed by atoms with Crippen molar-refractivity contribution in [2.24, 2.45) is 5.73 Å². The summed E-state index contributed by atoms with van der Waals surface area (Å²) < 4.78 is 0. The molecular formula is C12H11N3O3S. The van der Waals surface area contributed by atoms with E-state index < -0.39 is 11.8 Å². The second-order valence-corrected chi connectivity index (χ2v) is 4.51. The summed E-state index contributed by atoms with van der Waals surface area (Å²) in [6, 6.07) is 6.38. The highest BCUT2D eigenvalue weighted by Crippen LogP contribution is 2.09. The van der Waals surface area contributed by atoms with Gasteiger partial charge in [0.25, 0.3) is 5.91 Å². The first kappa shape index (κ1) is 13.2. The number of amides is 3. The lowest BCUT2D eigenvalue weighted by atomic mass is 10.1. The SMILES string of the molecule is NC(=S)c1ccc(C(=O)N2CC(=O)NC(=O)C2)cc1. The molecule has 98 valence electrons. The third-order valence-electron chi connectivity index (χ3n) is 2.65. The Bertz CT molecular complexity index is 552. The van der Waals surface area contributed by atoms with Crippen molar-refractivity contribution in [2.75, 3.05) is 13.1 Å². The Morgan fingerprint density at radius 1 is 1.11 bits per heavy atom. The molecule has 1 aromatic rings. The Labute approximate surface area is 114 Å². The van der Waals surface area contributed by atoms with E-state index in [1.807, 2.05) is 0 Å². The molecule has 3 amide bonds. The monoisotopic (exact) mass is 277 g/mol. The molecule has 3 N–H and O–H groups in total. The zero-order chi connectivity index (χ0) is 14.0. The first-order chi connectivity index (χ1) is 8.97. The molecule has 0 unspecified atom stereocenters. The number of benzene rings is 1. The maximum atomic E-state index is 12.1. The minimum atomic E-state index is -0.482. The number of nitrogens with zero attached hydrogens (tertiary/aromatic N) is 1. The first-order valence-electron chi connectivity index (χ1n) is 5.49. The molecular weight excluding hydrogens is 266 g/mol. The smallest absolute Gasteiger partial charge is 0.254 e. The standard InChI is InChI=1S/C12H11N3O3S/c13-11(19)7-1-3-8(4-2-7)12(18)15-5-9(16)14-10(17)6-15/h1-4H,5-6H2,(H2,13,19)(H,14,16,17). The van der Waals surface area contributed by atoms with E-state index in [9.17, 15) is 14.4 Å². The van der Waals surface area contributed by atoms with E-state index in [0.717, 1.165) is 0 Å². The number of rotatable bonds is 2. The fourth-order valence-electron chi connectivity index (χ4n) is 1.74. The van der Waals surface area contributed by atoms with Crippen molar-refractivity contribution in [3.05, 3.63) is 35.4 Å². The third kappa shape index (κ3) is 2.94. The van der Waals surface area contributed by atoms with Crippen LogP contribution >= 0.6 is 12.2 Å². The van der Waals surface area contributed by atoms with E-state index in [0.29, 0.717) is 11.1 Å². The van der Waals surface area contributed by atoms with Crippen molar-refractivity contribution in [3.8, 4) is 0 Å². The van der Waals surface area contributed by atoms with Gasteiger partial charge in [-0.25, -0.2) is 0 Å².